The summed E-state index contributed by atoms with van der Waals surface area (Å²) in [7, 11) is 0. The van der Waals surface area contributed by atoms with E-state index in [0.29, 0.717) is 35.9 Å². The molecule has 4 heterocycles. The first-order valence-corrected chi connectivity index (χ1v) is 10.3. The maximum absolute atomic E-state index is 13.0. The molecule has 0 saturated carbocycles. The van der Waals surface area contributed by atoms with Gasteiger partial charge in [-0.1, -0.05) is 6.07 Å². The number of nitrogens with zero attached hydrogens (tertiary/aromatic N) is 4. The highest BCUT2D eigenvalue weighted by Crippen LogP contribution is 2.20. The Morgan fingerprint density at radius 3 is 2.94 bits per heavy atom. The van der Waals surface area contributed by atoms with Crippen molar-refractivity contribution in [2.24, 2.45) is 0 Å². The van der Waals surface area contributed by atoms with E-state index in [2.05, 4.69) is 25.6 Å². The number of hydrogen-bond donors (Lipinski definition) is 2. The number of rotatable bonds is 3. The van der Waals surface area contributed by atoms with Gasteiger partial charge in [0.1, 0.15) is 18.2 Å². The average Bonchev–Trinajstić information content (AvgIpc) is 3.02. The molecular formula is C22H23ClN6O3. The zero-order valence-corrected chi connectivity index (χ0v) is 18.1. The van der Waals surface area contributed by atoms with Crippen LogP contribution in [-0.2, 0) is 24.2 Å². The van der Waals surface area contributed by atoms with Crippen molar-refractivity contribution in [3.8, 4) is 11.4 Å². The summed E-state index contributed by atoms with van der Waals surface area (Å²) in [5.41, 5.74) is 3.77. The number of benzene rings is 1. The lowest BCUT2D eigenvalue weighted by Crippen LogP contribution is -2.35. The lowest BCUT2D eigenvalue weighted by molar-refractivity contribution is 0.0855. The van der Waals surface area contributed by atoms with E-state index in [-0.39, 0.29) is 30.5 Å². The molecule has 10 heteroatoms. The molecule has 1 aromatic carbocycles. The molecule has 3 aromatic rings. The number of carbonyl (C=O) groups is 1. The summed E-state index contributed by atoms with van der Waals surface area (Å²) in [4.78, 5) is 38.6. The van der Waals surface area contributed by atoms with Crippen LogP contribution >= 0.6 is 12.4 Å². The monoisotopic (exact) mass is 454 g/mol. The van der Waals surface area contributed by atoms with Crippen LogP contribution in [0, 0.1) is 0 Å². The van der Waals surface area contributed by atoms with E-state index in [1.165, 1.54) is 18.0 Å². The van der Waals surface area contributed by atoms with Gasteiger partial charge in [-0.2, -0.15) is 0 Å². The van der Waals surface area contributed by atoms with E-state index in [0.717, 1.165) is 25.1 Å². The standard InChI is InChI=1S/C22H22N6O3.ClH/c29-20-10-18(17-4-6-24-13-25-17)26-21-19(12-31-8-7-28(20)21)27-22(30)15-2-1-14-3-5-23-11-16(14)9-15;/h1-2,4,6,9-10,13,19,23H,3,5,7-8,11-12H2,(H,27,30);1H. The summed E-state index contributed by atoms with van der Waals surface area (Å²) in [6.07, 6.45) is 3.97. The Balaban J connectivity index is 0.00000245. The fourth-order valence-corrected chi connectivity index (χ4v) is 3.99. The number of aromatic nitrogens is 4. The summed E-state index contributed by atoms with van der Waals surface area (Å²) in [5.74, 6) is 0.240. The topological polar surface area (TPSA) is 111 Å². The first kappa shape index (κ1) is 22.1. The second-order valence-corrected chi connectivity index (χ2v) is 7.60. The summed E-state index contributed by atoms with van der Waals surface area (Å²) in [5, 5.41) is 6.33. The molecule has 1 atom stereocenters. The minimum atomic E-state index is -0.557. The van der Waals surface area contributed by atoms with Gasteiger partial charge in [-0.25, -0.2) is 15.0 Å². The molecule has 1 unspecified atom stereocenters. The zero-order chi connectivity index (χ0) is 21.2. The maximum atomic E-state index is 13.0. The van der Waals surface area contributed by atoms with Gasteiger partial charge in [0.25, 0.3) is 11.5 Å². The Hall–Kier alpha value is -3.14. The smallest absolute Gasteiger partial charge is 0.254 e. The van der Waals surface area contributed by atoms with Crippen LogP contribution in [0.4, 0.5) is 0 Å². The highest BCUT2D eigenvalue weighted by molar-refractivity contribution is 5.94. The van der Waals surface area contributed by atoms with Crippen LogP contribution in [0.5, 0.6) is 0 Å². The molecule has 2 aliphatic rings. The predicted molar refractivity (Wildman–Crippen MR) is 120 cm³/mol. The Bertz CT molecular complexity index is 1180. The summed E-state index contributed by atoms with van der Waals surface area (Å²) >= 11 is 0. The molecule has 5 rings (SSSR count). The number of amides is 1. The van der Waals surface area contributed by atoms with Crippen LogP contribution in [0.1, 0.15) is 33.4 Å². The van der Waals surface area contributed by atoms with Crippen molar-refractivity contribution in [1.29, 1.82) is 0 Å². The fourth-order valence-electron chi connectivity index (χ4n) is 3.99. The van der Waals surface area contributed by atoms with Gasteiger partial charge in [-0.15, -0.1) is 12.4 Å². The molecular weight excluding hydrogens is 432 g/mol. The van der Waals surface area contributed by atoms with Gasteiger partial charge < -0.3 is 15.4 Å². The van der Waals surface area contributed by atoms with Crippen LogP contribution in [0.3, 0.4) is 0 Å². The molecule has 9 nitrogen and oxygen atoms in total. The summed E-state index contributed by atoms with van der Waals surface area (Å²) in [6, 6.07) is 8.37. The Morgan fingerprint density at radius 2 is 2.09 bits per heavy atom. The lowest BCUT2D eigenvalue weighted by Gasteiger charge is -2.20. The third-order valence-corrected chi connectivity index (χ3v) is 5.60. The van der Waals surface area contributed by atoms with Crippen molar-refractivity contribution in [3.05, 3.63) is 75.7 Å². The number of carbonyl (C=O) groups excluding carboxylic acids is 1. The lowest BCUT2D eigenvalue weighted by atomic mass is 9.98. The number of fused-ring (bicyclic) bond motifs is 2. The number of hydrogen-bond acceptors (Lipinski definition) is 7. The molecule has 0 bridgehead atoms. The highest BCUT2D eigenvalue weighted by atomic mass is 35.5. The van der Waals surface area contributed by atoms with Crippen molar-refractivity contribution in [3.63, 3.8) is 0 Å². The van der Waals surface area contributed by atoms with Gasteiger partial charge in [0.2, 0.25) is 0 Å². The maximum Gasteiger partial charge on any atom is 0.254 e. The van der Waals surface area contributed by atoms with E-state index in [1.54, 1.807) is 16.8 Å². The van der Waals surface area contributed by atoms with Crippen molar-refractivity contribution in [2.45, 2.75) is 25.6 Å². The fraction of sp³-hybridized carbons (Fsp3) is 0.318. The SMILES string of the molecule is Cl.O=C(NC1COCCn2c1nc(-c1ccncn1)cc2=O)c1ccc2c(c1)CNCC2. The van der Waals surface area contributed by atoms with Gasteiger partial charge in [0.05, 0.1) is 31.1 Å². The first-order valence-electron chi connectivity index (χ1n) is 10.3. The number of ether oxygens (including phenoxy) is 1. The molecule has 0 radical (unpaired) electrons. The predicted octanol–water partition coefficient (Wildman–Crippen LogP) is 1.27. The van der Waals surface area contributed by atoms with Gasteiger partial charge in [0, 0.05) is 24.4 Å². The minimum absolute atomic E-state index is 0. The van der Waals surface area contributed by atoms with Crippen molar-refractivity contribution >= 4 is 18.3 Å². The molecule has 0 saturated heterocycles. The third-order valence-electron chi connectivity index (χ3n) is 5.60. The average molecular weight is 455 g/mol. The summed E-state index contributed by atoms with van der Waals surface area (Å²) in [6.45, 7) is 2.69. The van der Waals surface area contributed by atoms with Gasteiger partial charge in [-0.3, -0.25) is 14.2 Å². The van der Waals surface area contributed by atoms with Crippen molar-refractivity contribution < 1.29 is 9.53 Å². The highest BCUT2D eigenvalue weighted by Gasteiger charge is 2.25. The van der Waals surface area contributed by atoms with Crippen LogP contribution in [0.2, 0.25) is 0 Å². The van der Waals surface area contributed by atoms with Crippen LogP contribution in [0.15, 0.2) is 47.7 Å². The Labute approximate surface area is 190 Å². The van der Waals surface area contributed by atoms with Crippen LogP contribution < -0.4 is 16.2 Å². The second kappa shape index (κ2) is 9.56. The zero-order valence-electron chi connectivity index (χ0n) is 17.3. The van der Waals surface area contributed by atoms with Gasteiger partial charge >= 0.3 is 0 Å². The normalized spacial score (nSPS) is 17.3. The largest absolute Gasteiger partial charge is 0.377 e. The number of nitrogens with one attached hydrogen (secondary N) is 2. The van der Waals surface area contributed by atoms with Crippen molar-refractivity contribution in [2.75, 3.05) is 19.8 Å². The minimum Gasteiger partial charge on any atom is -0.377 e. The van der Waals surface area contributed by atoms with Crippen molar-refractivity contribution in [1.82, 2.24) is 30.2 Å². The summed E-state index contributed by atoms with van der Waals surface area (Å²) < 4.78 is 7.22. The third kappa shape index (κ3) is 4.40. The van der Waals surface area contributed by atoms with Gasteiger partial charge in [-0.05, 0) is 42.3 Å². The molecule has 0 aliphatic carbocycles. The molecule has 2 aromatic heterocycles. The molecule has 2 aliphatic heterocycles. The Morgan fingerprint density at radius 1 is 1.19 bits per heavy atom. The quantitative estimate of drug-likeness (QED) is 0.613. The second-order valence-electron chi connectivity index (χ2n) is 7.60. The van der Waals surface area contributed by atoms with E-state index in [1.807, 2.05) is 18.2 Å². The van der Waals surface area contributed by atoms with Crippen LogP contribution in [0.25, 0.3) is 11.4 Å². The van der Waals surface area contributed by atoms with E-state index < -0.39 is 6.04 Å². The molecule has 166 valence electrons. The van der Waals surface area contributed by atoms with E-state index in [9.17, 15) is 9.59 Å². The Kier molecular flexibility index (Phi) is 6.59. The molecule has 0 spiro atoms. The van der Waals surface area contributed by atoms with Crippen LogP contribution in [-0.4, -0.2) is 45.2 Å². The molecule has 2 N–H and O–H groups in total. The molecule has 32 heavy (non-hydrogen) atoms. The number of halogens is 1. The van der Waals surface area contributed by atoms with E-state index in [4.69, 9.17) is 4.74 Å². The molecule has 1 amide bonds. The first-order chi connectivity index (χ1) is 15.2. The molecule has 0 fully saturated rings. The van der Waals surface area contributed by atoms with Gasteiger partial charge in [0.15, 0.2) is 0 Å². The van der Waals surface area contributed by atoms with E-state index >= 15 is 0 Å².